The number of rotatable bonds is 2. The molecule has 0 aliphatic carbocycles. The summed E-state index contributed by atoms with van der Waals surface area (Å²) in [6.07, 6.45) is 0.0456. The van der Waals surface area contributed by atoms with Crippen molar-refractivity contribution in [3.05, 3.63) is 29.8 Å². The van der Waals surface area contributed by atoms with E-state index >= 15 is 0 Å². The predicted octanol–water partition coefficient (Wildman–Crippen LogP) is 1.43. The first-order chi connectivity index (χ1) is 9.45. The molecule has 0 bridgehead atoms. The Morgan fingerprint density at radius 3 is 2.55 bits per heavy atom. The third kappa shape index (κ3) is 3.48. The normalized spacial score (nSPS) is 22.4. The van der Waals surface area contributed by atoms with Crippen molar-refractivity contribution < 1.29 is 14.3 Å². The van der Waals surface area contributed by atoms with Crippen LogP contribution in [0.25, 0.3) is 0 Å². The van der Waals surface area contributed by atoms with E-state index in [2.05, 4.69) is 5.32 Å². The molecule has 1 fully saturated rings. The number of primary amides is 1. The van der Waals surface area contributed by atoms with E-state index in [1.54, 1.807) is 29.2 Å². The Balaban J connectivity index is 2.14. The van der Waals surface area contributed by atoms with Crippen LogP contribution in [0.1, 0.15) is 24.2 Å². The van der Waals surface area contributed by atoms with Crippen molar-refractivity contribution in [1.29, 1.82) is 0 Å². The number of urea groups is 1. The third-order valence-corrected chi connectivity index (χ3v) is 3.08. The van der Waals surface area contributed by atoms with Crippen molar-refractivity contribution in [1.82, 2.24) is 4.90 Å². The zero-order valence-electron chi connectivity index (χ0n) is 11.6. The van der Waals surface area contributed by atoms with Gasteiger partial charge in [0.2, 0.25) is 0 Å². The van der Waals surface area contributed by atoms with Crippen molar-refractivity contribution in [3.63, 3.8) is 0 Å². The first kappa shape index (κ1) is 14.3. The molecule has 108 valence electrons. The van der Waals surface area contributed by atoms with E-state index in [0.717, 1.165) is 0 Å². The van der Waals surface area contributed by atoms with Gasteiger partial charge < -0.3 is 20.7 Å². The fraction of sp³-hybridized carbons (Fsp3) is 0.429. The molecular weight excluding hydrogens is 258 g/mol. The zero-order chi connectivity index (χ0) is 14.7. The molecule has 0 spiro atoms. The summed E-state index contributed by atoms with van der Waals surface area (Å²) < 4.78 is 5.61. The Morgan fingerprint density at radius 2 is 1.95 bits per heavy atom. The molecule has 3 amide bonds. The number of nitrogens with one attached hydrogen (secondary N) is 1. The van der Waals surface area contributed by atoms with Gasteiger partial charge in [-0.2, -0.15) is 0 Å². The molecule has 2 atom stereocenters. The van der Waals surface area contributed by atoms with E-state index < -0.39 is 6.03 Å². The van der Waals surface area contributed by atoms with Gasteiger partial charge in [-0.1, -0.05) is 6.07 Å². The van der Waals surface area contributed by atoms with Crippen LogP contribution in [0.4, 0.5) is 10.5 Å². The second-order valence-corrected chi connectivity index (χ2v) is 5.04. The lowest BCUT2D eigenvalue weighted by molar-refractivity contribution is -0.0586. The third-order valence-electron chi connectivity index (χ3n) is 3.08. The van der Waals surface area contributed by atoms with Crippen LogP contribution in [0.3, 0.4) is 0 Å². The van der Waals surface area contributed by atoms with E-state index in [-0.39, 0.29) is 18.1 Å². The van der Waals surface area contributed by atoms with Gasteiger partial charge in [0.25, 0.3) is 5.91 Å². The lowest BCUT2D eigenvalue weighted by Gasteiger charge is -2.35. The Bertz CT molecular complexity index is 508. The van der Waals surface area contributed by atoms with Gasteiger partial charge in [-0.3, -0.25) is 4.79 Å². The van der Waals surface area contributed by atoms with Crippen LogP contribution in [-0.2, 0) is 4.74 Å². The summed E-state index contributed by atoms with van der Waals surface area (Å²) in [5.74, 6) is -0.0693. The highest BCUT2D eigenvalue weighted by Crippen LogP contribution is 2.17. The minimum Gasteiger partial charge on any atom is -0.372 e. The van der Waals surface area contributed by atoms with Crippen molar-refractivity contribution in [2.24, 2.45) is 5.73 Å². The molecule has 6 heteroatoms. The van der Waals surface area contributed by atoms with Crippen molar-refractivity contribution >= 4 is 17.6 Å². The quantitative estimate of drug-likeness (QED) is 0.857. The molecular formula is C14H19N3O3. The molecule has 6 nitrogen and oxygen atoms in total. The van der Waals surface area contributed by atoms with E-state index in [4.69, 9.17) is 10.5 Å². The van der Waals surface area contributed by atoms with Gasteiger partial charge in [-0.15, -0.1) is 0 Å². The van der Waals surface area contributed by atoms with Gasteiger partial charge in [0.05, 0.1) is 12.2 Å². The number of carbonyl (C=O) groups excluding carboxylic acids is 2. The number of morpholine rings is 1. The average molecular weight is 277 g/mol. The molecule has 1 heterocycles. The van der Waals surface area contributed by atoms with Crippen LogP contribution in [0.2, 0.25) is 0 Å². The number of amides is 3. The molecule has 1 aromatic rings. The highest BCUT2D eigenvalue weighted by Gasteiger charge is 2.26. The summed E-state index contributed by atoms with van der Waals surface area (Å²) in [6.45, 7) is 5.02. The summed E-state index contributed by atoms with van der Waals surface area (Å²) in [4.78, 5) is 25.1. The Morgan fingerprint density at radius 1 is 1.30 bits per heavy atom. The van der Waals surface area contributed by atoms with Crippen LogP contribution in [0.5, 0.6) is 0 Å². The SMILES string of the molecule is C[C@H]1CN(C(=O)c2cccc(NC(N)=O)c2)C[C@H](C)O1. The number of carbonyl (C=O) groups is 2. The molecule has 3 N–H and O–H groups in total. The number of ether oxygens (including phenoxy) is 1. The number of anilines is 1. The summed E-state index contributed by atoms with van der Waals surface area (Å²) in [6, 6.07) is 6.10. The van der Waals surface area contributed by atoms with Crippen molar-refractivity contribution in [3.8, 4) is 0 Å². The van der Waals surface area contributed by atoms with Gasteiger partial charge in [-0.25, -0.2) is 4.79 Å². The number of nitrogens with two attached hydrogens (primary N) is 1. The first-order valence-electron chi connectivity index (χ1n) is 6.57. The highest BCUT2D eigenvalue weighted by atomic mass is 16.5. The second kappa shape index (κ2) is 5.92. The first-order valence-corrected chi connectivity index (χ1v) is 6.57. The topological polar surface area (TPSA) is 84.7 Å². The fourth-order valence-electron chi connectivity index (χ4n) is 2.40. The minimum atomic E-state index is -0.650. The number of hydrogen-bond acceptors (Lipinski definition) is 3. The maximum Gasteiger partial charge on any atom is 0.316 e. The van der Waals surface area contributed by atoms with Crippen LogP contribution < -0.4 is 11.1 Å². The predicted molar refractivity (Wildman–Crippen MR) is 75.6 cm³/mol. The maximum absolute atomic E-state index is 12.5. The summed E-state index contributed by atoms with van der Waals surface area (Å²) in [7, 11) is 0. The Hall–Kier alpha value is -2.08. The maximum atomic E-state index is 12.5. The fourth-order valence-corrected chi connectivity index (χ4v) is 2.40. The molecule has 0 radical (unpaired) electrons. The molecule has 2 rings (SSSR count). The Kier molecular flexibility index (Phi) is 4.24. The van der Waals surface area contributed by atoms with Gasteiger partial charge in [-0.05, 0) is 32.0 Å². The van der Waals surface area contributed by atoms with Crippen LogP contribution >= 0.6 is 0 Å². The van der Waals surface area contributed by atoms with Gasteiger partial charge in [0.1, 0.15) is 0 Å². The monoisotopic (exact) mass is 277 g/mol. The zero-order valence-corrected chi connectivity index (χ0v) is 11.6. The molecule has 1 aromatic carbocycles. The number of nitrogens with zero attached hydrogens (tertiary/aromatic N) is 1. The highest BCUT2D eigenvalue weighted by molar-refractivity contribution is 5.96. The molecule has 1 saturated heterocycles. The summed E-state index contributed by atoms with van der Waals surface area (Å²) >= 11 is 0. The Labute approximate surface area is 117 Å². The lowest BCUT2D eigenvalue weighted by atomic mass is 10.1. The van der Waals surface area contributed by atoms with E-state index in [1.807, 2.05) is 13.8 Å². The van der Waals surface area contributed by atoms with E-state index in [9.17, 15) is 9.59 Å². The van der Waals surface area contributed by atoms with Crippen LogP contribution in [0.15, 0.2) is 24.3 Å². The molecule has 1 aliphatic heterocycles. The largest absolute Gasteiger partial charge is 0.372 e. The van der Waals surface area contributed by atoms with Gasteiger partial charge in [0.15, 0.2) is 0 Å². The lowest BCUT2D eigenvalue weighted by Crippen LogP contribution is -2.48. The molecule has 0 saturated carbocycles. The van der Waals surface area contributed by atoms with Crippen molar-refractivity contribution in [2.75, 3.05) is 18.4 Å². The average Bonchev–Trinajstić information content (AvgIpc) is 2.36. The second-order valence-electron chi connectivity index (χ2n) is 5.04. The molecule has 0 aromatic heterocycles. The van der Waals surface area contributed by atoms with E-state index in [1.165, 1.54) is 0 Å². The summed E-state index contributed by atoms with van der Waals surface area (Å²) in [5.41, 5.74) is 6.11. The van der Waals surface area contributed by atoms with Gasteiger partial charge in [0, 0.05) is 24.3 Å². The number of benzene rings is 1. The smallest absolute Gasteiger partial charge is 0.316 e. The molecule has 20 heavy (non-hydrogen) atoms. The minimum absolute atomic E-state index is 0.0228. The standard InChI is InChI=1S/C14H19N3O3/c1-9-7-17(8-10(2)20-9)13(18)11-4-3-5-12(6-11)16-14(15)19/h3-6,9-10H,7-8H2,1-2H3,(H3,15,16,19)/t9-,10-/m0/s1. The van der Waals surface area contributed by atoms with Crippen LogP contribution in [-0.4, -0.2) is 42.1 Å². The van der Waals surface area contributed by atoms with Gasteiger partial charge >= 0.3 is 6.03 Å². The summed E-state index contributed by atoms with van der Waals surface area (Å²) in [5, 5.41) is 2.46. The molecule has 1 aliphatic rings. The van der Waals surface area contributed by atoms with Crippen molar-refractivity contribution in [2.45, 2.75) is 26.1 Å². The van der Waals surface area contributed by atoms with E-state index in [0.29, 0.717) is 24.3 Å². The number of hydrogen-bond donors (Lipinski definition) is 2. The van der Waals surface area contributed by atoms with Crippen LogP contribution in [0, 0.1) is 0 Å². The molecule has 0 unspecified atom stereocenters.